The number of rotatable bonds is 9. The second kappa shape index (κ2) is 9.92. The number of anilines is 1. The Hall–Kier alpha value is -2.27. The molecular formula is C23H31N3O5S2. The Morgan fingerprint density at radius 1 is 0.970 bits per heavy atom. The first-order chi connectivity index (χ1) is 15.5. The van der Waals surface area contributed by atoms with Crippen LogP contribution >= 0.6 is 0 Å². The van der Waals surface area contributed by atoms with E-state index >= 15 is 0 Å². The molecule has 1 aliphatic heterocycles. The third-order valence-electron chi connectivity index (χ3n) is 6.01. The zero-order chi connectivity index (χ0) is 24.4. The molecule has 0 radical (unpaired) electrons. The van der Waals surface area contributed by atoms with Gasteiger partial charge in [-0.15, -0.1) is 0 Å². The van der Waals surface area contributed by atoms with Gasteiger partial charge in [0.1, 0.15) is 0 Å². The maximum absolute atomic E-state index is 12.8. The molecule has 1 N–H and O–H groups in total. The first-order valence-electron chi connectivity index (χ1n) is 11.0. The molecule has 0 atom stereocenters. The van der Waals surface area contributed by atoms with Crippen LogP contribution in [0.25, 0.3) is 0 Å². The fourth-order valence-electron chi connectivity index (χ4n) is 3.90. The van der Waals surface area contributed by atoms with Gasteiger partial charge in [0.05, 0.1) is 9.79 Å². The Morgan fingerprint density at radius 3 is 2.27 bits per heavy atom. The van der Waals surface area contributed by atoms with Crippen LogP contribution in [0.2, 0.25) is 0 Å². The summed E-state index contributed by atoms with van der Waals surface area (Å²) in [5.41, 5.74) is 3.36. The summed E-state index contributed by atoms with van der Waals surface area (Å²) in [4.78, 5) is 14.8. The molecule has 180 valence electrons. The largest absolute Gasteiger partial charge is 0.312 e. The second-order valence-electron chi connectivity index (χ2n) is 8.07. The summed E-state index contributed by atoms with van der Waals surface area (Å²) in [6.45, 7) is 8.54. The number of fused-ring (bicyclic) bond motifs is 1. The predicted molar refractivity (Wildman–Crippen MR) is 128 cm³/mol. The molecule has 0 aliphatic carbocycles. The van der Waals surface area contributed by atoms with Gasteiger partial charge in [-0.1, -0.05) is 19.9 Å². The van der Waals surface area contributed by atoms with E-state index in [4.69, 9.17) is 0 Å². The van der Waals surface area contributed by atoms with Gasteiger partial charge in [0.15, 0.2) is 0 Å². The smallest absolute Gasteiger partial charge is 0.243 e. The highest BCUT2D eigenvalue weighted by molar-refractivity contribution is 7.89. The van der Waals surface area contributed by atoms with Crippen LogP contribution in [0.5, 0.6) is 0 Å². The normalized spacial score (nSPS) is 14.0. The standard InChI is InChI=1S/C23H31N3O5S2/c1-5-25(6-2)33(30,31)21-9-10-22-19(16-21)12-14-26(22)23(27)11-13-24-32(28,29)20-8-7-17(3)18(4)15-20/h7-10,15-16,24H,5-6,11-14H2,1-4H3. The van der Waals surface area contributed by atoms with Crippen molar-refractivity contribution in [2.75, 3.05) is 31.1 Å². The highest BCUT2D eigenvalue weighted by Crippen LogP contribution is 2.31. The minimum absolute atomic E-state index is 0.00299. The molecule has 2 aromatic rings. The third kappa shape index (κ3) is 5.29. The molecule has 1 amide bonds. The van der Waals surface area contributed by atoms with Crippen molar-refractivity contribution >= 4 is 31.6 Å². The average molecular weight is 494 g/mol. The Balaban J connectivity index is 1.67. The highest BCUT2D eigenvalue weighted by Gasteiger charge is 2.28. The van der Waals surface area contributed by atoms with Crippen LogP contribution < -0.4 is 9.62 Å². The van der Waals surface area contributed by atoms with Crippen molar-refractivity contribution in [1.82, 2.24) is 9.03 Å². The molecule has 0 saturated carbocycles. The molecule has 0 saturated heterocycles. The zero-order valence-electron chi connectivity index (χ0n) is 19.5. The van der Waals surface area contributed by atoms with Gasteiger partial charge in [-0.2, -0.15) is 4.31 Å². The molecular weight excluding hydrogens is 462 g/mol. The first kappa shape index (κ1) is 25.4. The molecule has 1 heterocycles. The summed E-state index contributed by atoms with van der Waals surface area (Å²) in [5, 5.41) is 0. The van der Waals surface area contributed by atoms with Crippen molar-refractivity contribution in [3.05, 3.63) is 53.1 Å². The molecule has 1 aliphatic rings. The summed E-state index contributed by atoms with van der Waals surface area (Å²) >= 11 is 0. The lowest BCUT2D eigenvalue weighted by Crippen LogP contribution is -2.33. The van der Waals surface area contributed by atoms with Crippen molar-refractivity contribution in [3.63, 3.8) is 0 Å². The Kier molecular flexibility index (Phi) is 7.62. The monoisotopic (exact) mass is 493 g/mol. The zero-order valence-corrected chi connectivity index (χ0v) is 21.1. The molecule has 8 nitrogen and oxygen atoms in total. The van der Waals surface area contributed by atoms with Crippen LogP contribution in [0.4, 0.5) is 5.69 Å². The maximum Gasteiger partial charge on any atom is 0.243 e. The highest BCUT2D eigenvalue weighted by atomic mass is 32.2. The molecule has 3 rings (SSSR count). The van der Waals surface area contributed by atoms with Gasteiger partial charge >= 0.3 is 0 Å². The molecule has 0 bridgehead atoms. The maximum atomic E-state index is 12.8. The van der Waals surface area contributed by atoms with Crippen molar-refractivity contribution in [3.8, 4) is 0 Å². The number of hydrogen-bond donors (Lipinski definition) is 1. The van der Waals surface area contributed by atoms with E-state index < -0.39 is 20.0 Å². The Labute approximate surface area is 196 Å². The fraction of sp³-hybridized carbons (Fsp3) is 0.435. The quantitative estimate of drug-likeness (QED) is 0.578. The third-order valence-corrected chi connectivity index (χ3v) is 9.51. The SMILES string of the molecule is CCN(CC)S(=O)(=O)c1ccc2c(c1)CCN2C(=O)CCNS(=O)(=O)c1ccc(C)c(C)c1. The van der Waals surface area contributed by atoms with E-state index in [2.05, 4.69) is 4.72 Å². The van der Waals surface area contributed by atoms with E-state index in [1.165, 1.54) is 10.4 Å². The summed E-state index contributed by atoms with van der Waals surface area (Å²) in [7, 11) is -7.28. The number of nitrogens with one attached hydrogen (secondary N) is 1. The summed E-state index contributed by atoms with van der Waals surface area (Å²) in [6, 6.07) is 9.74. The van der Waals surface area contributed by atoms with E-state index in [1.54, 1.807) is 49.1 Å². The van der Waals surface area contributed by atoms with Gasteiger partial charge < -0.3 is 4.90 Å². The molecule has 33 heavy (non-hydrogen) atoms. The average Bonchev–Trinajstić information content (AvgIpc) is 3.19. The van der Waals surface area contributed by atoms with Gasteiger partial charge in [-0.05, 0) is 67.3 Å². The summed E-state index contributed by atoms with van der Waals surface area (Å²) < 4.78 is 54.5. The molecule has 0 spiro atoms. The fourth-order valence-corrected chi connectivity index (χ4v) is 6.53. The number of aryl methyl sites for hydroxylation is 2. The van der Waals surface area contributed by atoms with Gasteiger partial charge in [0, 0.05) is 38.3 Å². The number of benzene rings is 2. The number of hydrogen-bond acceptors (Lipinski definition) is 5. The second-order valence-corrected chi connectivity index (χ2v) is 11.8. The van der Waals surface area contributed by atoms with Crippen molar-refractivity contribution < 1.29 is 21.6 Å². The molecule has 0 aromatic heterocycles. The summed E-state index contributed by atoms with van der Waals surface area (Å²) in [6.07, 6.45) is 0.556. The van der Waals surface area contributed by atoms with Crippen LogP contribution in [0.15, 0.2) is 46.2 Å². The number of carbonyl (C=O) groups is 1. The molecule has 2 aromatic carbocycles. The van der Waals surface area contributed by atoms with Crippen LogP contribution in [0.3, 0.4) is 0 Å². The van der Waals surface area contributed by atoms with Crippen molar-refractivity contribution in [2.24, 2.45) is 0 Å². The van der Waals surface area contributed by atoms with Crippen molar-refractivity contribution in [2.45, 2.75) is 50.3 Å². The van der Waals surface area contributed by atoms with Gasteiger partial charge in [0.25, 0.3) is 0 Å². The van der Waals surface area contributed by atoms with Crippen LogP contribution in [0, 0.1) is 13.8 Å². The summed E-state index contributed by atoms with van der Waals surface area (Å²) in [5.74, 6) is -0.212. The van der Waals surface area contributed by atoms with E-state index in [0.29, 0.717) is 31.7 Å². The minimum atomic E-state index is -3.71. The van der Waals surface area contributed by atoms with Crippen LogP contribution in [0.1, 0.15) is 37.0 Å². The number of nitrogens with zero attached hydrogens (tertiary/aromatic N) is 2. The molecule has 0 unspecified atom stereocenters. The lowest BCUT2D eigenvalue weighted by molar-refractivity contribution is -0.118. The van der Waals surface area contributed by atoms with E-state index in [9.17, 15) is 21.6 Å². The van der Waals surface area contributed by atoms with E-state index in [0.717, 1.165) is 16.7 Å². The Morgan fingerprint density at radius 2 is 1.64 bits per heavy atom. The topological polar surface area (TPSA) is 104 Å². The molecule has 10 heteroatoms. The van der Waals surface area contributed by atoms with E-state index in [-0.39, 0.29) is 28.7 Å². The van der Waals surface area contributed by atoms with Gasteiger partial charge in [-0.3, -0.25) is 4.79 Å². The lowest BCUT2D eigenvalue weighted by atomic mass is 10.1. The number of sulfonamides is 2. The molecule has 0 fully saturated rings. The minimum Gasteiger partial charge on any atom is -0.312 e. The number of carbonyl (C=O) groups excluding carboxylic acids is 1. The van der Waals surface area contributed by atoms with Gasteiger partial charge in [-0.25, -0.2) is 21.6 Å². The van der Waals surface area contributed by atoms with Crippen molar-refractivity contribution in [1.29, 1.82) is 0 Å². The van der Waals surface area contributed by atoms with Crippen LogP contribution in [-0.4, -0.2) is 53.2 Å². The Bertz CT molecular complexity index is 1250. The first-order valence-corrected chi connectivity index (χ1v) is 13.9. The predicted octanol–water partition coefficient (Wildman–Crippen LogP) is 2.59. The van der Waals surface area contributed by atoms with Gasteiger partial charge in [0.2, 0.25) is 26.0 Å². The lowest BCUT2D eigenvalue weighted by Gasteiger charge is -2.20. The number of amides is 1. The van der Waals surface area contributed by atoms with E-state index in [1.807, 2.05) is 13.8 Å². The van der Waals surface area contributed by atoms with Crippen LogP contribution in [-0.2, 0) is 31.3 Å².